The maximum absolute atomic E-state index is 10.9. The van der Waals surface area contributed by atoms with E-state index in [1.54, 1.807) is 12.1 Å². The van der Waals surface area contributed by atoms with Crippen LogP contribution in [-0.2, 0) is 4.79 Å². The third kappa shape index (κ3) is 3.60. The quantitative estimate of drug-likeness (QED) is 0.747. The van der Waals surface area contributed by atoms with E-state index in [1.165, 1.54) is 0 Å². The van der Waals surface area contributed by atoms with E-state index >= 15 is 0 Å². The Balaban J connectivity index is 2.31. The van der Waals surface area contributed by atoms with Crippen LogP contribution < -0.4 is 10.1 Å². The number of carbonyl (C=O) groups is 1. The SMILES string of the molecule is [CH2]CNC(=O)COc1ccccc1. The molecule has 0 aliphatic heterocycles. The van der Waals surface area contributed by atoms with E-state index in [-0.39, 0.29) is 12.5 Å². The monoisotopic (exact) mass is 178 g/mol. The molecule has 0 unspecified atom stereocenters. The fourth-order valence-electron chi connectivity index (χ4n) is 0.856. The summed E-state index contributed by atoms with van der Waals surface area (Å²) in [6.45, 7) is 3.92. The molecule has 3 heteroatoms. The number of amides is 1. The molecule has 0 atom stereocenters. The Labute approximate surface area is 77.7 Å². The number of hydrogen-bond donors (Lipinski definition) is 1. The van der Waals surface area contributed by atoms with E-state index in [4.69, 9.17) is 4.74 Å². The molecule has 0 fully saturated rings. The summed E-state index contributed by atoms with van der Waals surface area (Å²) < 4.78 is 5.18. The standard InChI is InChI=1S/C10H12NO2/c1-2-11-10(12)8-13-9-6-4-3-5-7-9/h3-7H,1-2,8H2,(H,11,12). The molecule has 0 aromatic heterocycles. The van der Waals surface area contributed by atoms with Gasteiger partial charge < -0.3 is 10.1 Å². The lowest BCUT2D eigenvalue weighted by molar-refractivity contribution is -0.122. The van der Waals surface area contributed by atoms with Gasteiger partial charge in [-0.3, -0.25) is 4.79 Å². The van der Waals surface area contributed by atoms with Gasteiger partial charge in [0.2, 0.25) is 0 Å². The second kappa shape index (κ2) is 5.19. The van der Waals surface area contributed by atoms with Gasteiger partial charge in [0, 0.05) is 6.54 Å². The molecule has 0 heterocycles. The van der Waals surface area contributed by atoms with E-state index in [9.17, 15) is 4.79 Å². The smallest absolute Gasteiger partial charge is 0.257 e. The van der Waals surface area contributed by atoms with Crippen molar-refractivity contribution in [3.63, 3.8) is 0 Å². The first-order chi connectivity index (χ1) is 6.33. The zero-order chi connectivity index (χ0) is 9.52. The van der Waals surface area contributed by atoms with E-state index in [2.05, 4.69) is 12.2 Å². The third-order valence-corrected chi connectivity index (χ3v) is 1.44. The normalized spacial score (nSPS) is 9.31. The van der Waals surface area contributed by atoms with E-state index in [1.807, 2.05) is 18.2 Å². The first kappa shape index (κ1) is 9.58. The molecule has 1 amide bonds. The van der Waals surface area contributed by atoms with Crippen LogP contribution in [0.5, 0.6) is 5.75 Å². The fourth-order valence-corrected chi connectivity index (χ4v) is 0.856. The molecule has 1 rings (SSSR count). The van der Waals surface area contributed by atoms with Crippen LogP contribution in [0.4, 0.5) is 0 Å². The number of ether oxygens (including phenoxy) is 1. The first-order valence-corrected chi connectivity index (χ1v) is 4.06. The summed E-state index contributed by atoms with van der Waals surface area (Å²) in [5.74, 6) is 0.542. The van der Waals surface area contributed by atoms with Crippen LogP contribution in [-0.4, -0.2) is 19.1 Å². The van der Waals surface area contributed by atoms with E-state index in [0.717, 1.165) is 0 Å². The maximum Gasteiger partial charge on any atom is 0.257 e. The predicted molar refractivity (Wildman–Crippen MR) is 50.3 cm³/mol. The summed E-state index contributed by atoms with van der Waals surface area (Å²) in [5, 5.41) is 2.54. The highest BCUT2D eigenvalue weighted by molar-refractivity contribution is 5.77. The summed E-state index contributed by atoms with van der Waals surface area (Å²) in [7, 11) is 0. The maximum atomic E-state index is 10.9. The van der Waals surface area contributed by atoms with Gasteiger partial charge in [0.25, 0.3) is 5.91 Å². The molecule has 13 heavy (non-hydrogen) atoms. The minimum atomic E-state index is -0.154. The number of nitrogens with one attached hydrogen (secondary N) is 1. The molecule has 0 aliphatic carbocycles. The number of carbonyl (C=O) groups excluding carboxylic acids is 1. The second-order valence-corrected chi connectivity index (χ2v) is 2.45. The molecule has 0 aliphatic rings. The predicted octanol–water partition coefficient (Wildman–Crippen LogP) is 1.02. The molecule has 1 aromatic rings. The molecule has 69 valence electrons. The van der Waals surface area contributed by atoms with Crippen molar-refractivity contribution in [3.8, 4) is 5.75 Å². The summed E-state index contributed by atoms with van der Waals surface area (Å²) in [5.41, 5.74) is 0. The first-order valence-electron chi connectivity index (χ1n) is 4.06. The van der Waals surface area contributed by atoms with Gasteiger partial charge in [0.1, 0.15) is 5.75 Å². The van der Waals surface area contributed by atoms with Crippen molar-refractivity contribution in [1.82, 2.24) is 5.32 Å². The zero-order valence-electron chi connectivity index (χ0n) is 7.32. The number of benzene rings is 1. The van der Waals surface area contributed by atoms with E-state index < -0.39 is 0 Å². The van der Waals surface area contributed by atoms with Crippen LogP contribution in [0.15, 0.2) is 30.3 Å². The highest BCUT2D eigenvalue weighted by atomic mass is 16.5. The summed E-state index contributed by atoms with van der Waals surface area (Å²) in [6.07, 6.45) is 0. The van der Waals surface area contributed by atoms with Crippen LogP contribution in [0.3, 0.4) is 0 Å². The molecule has 1 aromatic carbocycles. The van der Waals surface area contributed by atoms with Crippen molar-refractivity contribution in [2.45, 2.75) is 0 Å². The Kier molecular flexibility index (Phi) is 3.82. The summed E-state index contributed by atoms with van der Waals surface area (Å²) >= 11 is 0. The van der Waals surface area contributed by atoms with Crippen molar-refractivity contribution in [1.29, 1.82) is 0 Å². The van der Waals surface area contributed by atoms with Crippen molar-refractivity contribution in [2.24, 2.45) is 0 Å². The third-order valence-electron chi connectivity index (χ3n) is 1.44. The van der Waals surface area contributed by atoms with Crippen LogP contribution in [0.2, 0.25) is 0 Å². The van der Waals surface area contributed by atoms with E-state index in [0.29, 0.717) is 12.3 Å². The number of rotatable bonds is 4. The largest absolute Gasteiger partial charge is 0.484 e. The minimum absolute atomic E-state index is 0.0412. The summed E-state index contributed by atoms with van der Waals surface area (Å²) in [6, 6.07) is 9.21. The molecule has 0 saturated heterocycles. The van der Waals surface area contributed by atoms with Crippen molar-refractivity contribution in [3.05, 3.63) is 37.3 Å². The fraction of sp³-hybridized carbons (Fsp3) is 0.200. The van der Waals surface area contributed by atoms with Gasteiger partial charge in [-0.2, -0.15) is 0 Å². The van der Waals surface area contributed by atoms with Crippen LogP contribution in [0, 0.1) is 6.92 Å². The average molecular weight is 178 g/mol. The van der Waals surface area contributed by atoms with Gasteiger partial charge in [0.15, 0.2) is 6.61 Å². The van der Waals surface area contributed by atoms with Gasteiger partial charge in [-0.25, -0.2) is 0 Å². The Morgan fingerprint density at radius 2 is 2.08 bits per heavy atom. The molecule has 3 nitrogen and oxygen atoms in total. The van der Waals surface area contributed by atoms with Crippen molar-refractivity contribution >= 4 is 5.91 Å². The topological polar surface area (TPSA) is 38.3 Å². The highest BCUT2D eigenvalue weighted by Crippen LogP contribution is 2.07. The lowest BCUT2D eigenvalue weighted by Gasteiger charge is -2.04. The number of hydrogen-bond acceptors (Lipinski definition) is 2. The molecule has 1 radical (unpaired) electrons. The zero-order valence-corrected chi connectivity index (χ0v) is 7.32. The summed E-state index contributed by atoms with van der Waals surface area (Å²) in [4.78, 5) is 10.9. The molecule has 0 saturated carbocycles. The van der Waals surface area contributed by atoms with Gasteiger partial charge >= 0.3 is 0 Å². The van der Waals surface area contributed by atoms with Crippen LogP contribution >= 0.6 is 0 Å². The van der Waals surface area contributed by atoms with Crippen LogP contribution in [0.1, 0.15) is 0 Å². The molecule has 0 spiro atoms. The molecule has 1 N–H and O–H groups in total. The lowest BCUT2D eigenvalue weighted by atomic mass is 10.3. The van der Waals surface area contributed by atoms with Gasteiger partial charge in [-0.15, -0.1) is 0 Å². The molecular weight excluding hydrogens is 166 g/mol. The Bertz CT molecular complexity index is 259. The lowest BCUT2D eigenvalue weighted by Crippen LogP contribution is -2.28. The molecule has 0 bridgehead atoms. The molecular formula is C10H12NO2. The Morgan fingerprint density at radius 1 is 1.38 bits per heavy atom. The minimum Gasteiger partial charge on any atom is -0.484 e. The van der Waals surface area contributed by atoms with Gasteiger partial charge in [-0.05, 0) is 19.1 Å². The van der Waals surface area contributed by atoms with Gasteiger partial charge in [0.05, 0.1) is 0 Å². The van der Waals surface area contributed by atoms with Crippen molar-refractivity contribution < 1.29 is 9.53 Å². The van der Waals surface area contributed by atoms with Crippen LogP contribution in [0.25, 0.3) is 0 Å². The van der Waals surface area contributed by atoms with Gasteiger partial charge in [-0.1, -0.05) is 18.2 Å². The number of para-hydroxylation sites is 1. The highest BCUT2D eigenvalue weighted by Gasteiger charge is 1.99. The van der Waals surface area contributed by atoms with Crippen molar-refractivity contribution in [2.75, 3.05) is 13.2 Å². The second-order valence-electron chi connectivity index (χ2n) is 2.45. The Hall–Kier alpha value is -1.51. The Morgan fingerprint density at radius 3 is 2.69 bits per heavy atom. The average Bonchev–Trinajstić information content (AvgIpc) is 2.17.